The Balaban J connectivity index is 2.93. The van der Waals surface area contributed by atoms with Crippen molar-refractivity contribution in [3.8, 4) is 11.5 Å². The van der Waals surface area contributed by atoms with E-state index in [-0.39, 0.29) is 6.54 Å². The number of hydrogen-bond donors (Lipinski definition) is 1. The highest BCUT2D eigenvalue weighted by molar-refractivity contribution is 7.88. The minimum absolute atomic E-state index is 0.271. The van der Waals surface area contributed by atoms with Crippen LogP contribution in [0.5, 0.6) is 11.5 Å². The Labute approximate surface area is 147 Å². The maximum atomic E-state index is 12.2. The van der Waals surface area contributed by atoms with E-state index in [0.717, 1.165) is 17.0 Å². The first kappa shape index (κ1) is 20.5. The fourth-order valence-corrected chi connectivity index (χ4v) is 3.05. The van der Waals surface area contributed by atoms with Crippen LogP contribution in [0.15, 0.2) is 12.1 Å². The molecule has 0 aliphatic heterocycles. The van der Waals surface area contributed by atoms with Gasteiger partial charge in [-0.05, 0) is 6.42 Å². The van der Waals surface area contributed by atoms with Crippen LogP contribution < -0.4 is 14.8 Å². The molecule has 0 fully saturated rings. The highest BCUT2D eigenvalue weighted by atomic mass is 35.5. The number of halogens is 1. The Morgan fingerprint density at radius 2 is 1.88 bits per heavy atom. The van der Waals surface area contributed by atoms with Crippen LogP contribution in [0, 0.1) is 0 Å². The van der Waals surface area contributed by atoms with Gasteiger partial charge in [0.25, 0.3) is 0 Å². The topological polar surface area (TPSA) is 84.9 Å². The van der Waals surface area contributed by atoms with E-state index < -0.39 is 15.9 Å². The molecule has 0 bridgehead atoms. The first-order valence-corrected chi connectivity index (χ1v) is 9.62. The lowest BCUT2D eigenvalue weighted by molar-refractivity contribution is -0.116. The number of nitrogens with one attached hydrogen (secondary N) is 1. The number of sulfonamides is 1. The summed E-state index contributed by atoms with van der Waals surface area (Å²) in [7, 11) is -0.568. The van der Waals surface area contributed by atoms with Gasteiger partial charge >= 0.3 is 0 Å². The largest absolute Gasteiger partial charge is 0.495 e. The zero-order chi connectivity index (χ0) is 18.3. The van der Waals surface area contributed by atoms with Crippen LogP contribution in [0.3, 0.4) is 0 Å². The summed E-state index contributed by atoms with van der Waals surface area (Å²) >= 11 is 6.01. The van der Waals surface area contributed by atoms with E-state index >= 15 is 0 Å². The zero-order valence-electron chi connectivity index (χ0n) is 14.3. The molecular weight excluding hydrogens is 356 g/mol. The van der Waals surface area contributed by atoms with Gasteiger partial charge in [0.1, 0.15) is 11.5 Å². The molecule has 0 heterocycles. The molecule has 136 valence electrons. The number of carbonyl (C=O) groups is 1. The molecule has 0 radical (unpaired) electrons. The molecule has 7 nitrogen and oxygen atoms in total. The van der Waals surface area contributed by atoms with Crippen molar-refractivity contribution in [2.24, 2.45) is 0 Å². The number of benzene rings is 1. The second-order valence-electron chi connectivity index (χ2n) is 5.19. The third-order valence-corrected chi connectivity index (χ3v) is 4.84. The van der Waals surface area contributed by atoms with Crippen LogP contribution in [0.25, 0.3) is 0 Å². The van der Waals surface area contributed by atoms with E-state index in [1.165, 1.54) is 26.4 Å². The van der Waals surface area contributed by atoms with Gasteiger partial charge in [-0.15, -0.1) is 0 Å². The van der Waals surface area contributed by atoms with Crippen molar-refractivity contribution in [2.45, 2.75) is 19.8 Å². The Kier molecular flexibility index (Phi) is 7.78. The van der Waals surface area contributed by atoms with Gasteiger partial charge in [0.2, 0.25) is 15.9 Å². The summed E-state index contributed by atoms with van der Waals surface area (Å²) < 4.78 is 35.0. The second-order valence-corrected chi connectivity index (χ2v) is 7.57. The summed E-state index contributed by atoms with van der Waals surface area (Å²) in [4.78, 5) is 12.2. The van der Waals surface area contributed by atoms with Crippen molar-refractivity contribution in [3.63, 3.8) is 0 Å². The fourth-order valence-electron chi connectivity index (χ4n) is 2.00. The van der Waals surface area contributed by atoms with Crippen molar-refractivity contribution in [1.82, 2.24) is 4.31 Å². The minimum Gasteiger partial charge on any atom is -0.495 e. The lowest BCUT2D eigenvalue weighted by Crippen LogP contribution is -2.38. The number of amides is 1. The van der Waals surface area contributed by atoms with Gasteiger partial charge in [-0.2, -0.15) is 4.31 Å². The van der Waals surface area contributed by atoms with Crippen molar-refractivity contribution >= 4 is 33.2 Å². The Morgan fingerprint density at radius 1 is 1.25 bits per heavy atom. The standard InChI is InChI=1S/C15H23ClN2O5S/c1-5-6-7-18(24(4,20)21)10-15(19)17-12-9-13(22-2)11(16)8-14(12)23-3/h8-9H,5-7,10H2,1-4H3,(H,17,19). The molecular formula is C15H23ClN2O5S. The number of hydrogen-bond acceptors (Lipinski definition) is 5. The predicted molar refractivity (Wildman–Crippen MR) is 94.5 cm³/mol. The Hall–Kier alpha value is -1.51. The lowest BCUT2D eigenvalue weighted by Gasteiger charge is -2.20. The van der Waals surface area contributed by atoms with Gasteiger partial charge in [0.15, 0.2) is 0 Å². The van der Waals surface area contributed by atoms with E-state index in [0.29, 0.717) is 35.2 Å². The van der Waals surface area contributed by atoms with E-state index in [9.17, 15) is 13.2 Å². The van der Waals surface area contributed by atoms with Crippen LogP contribution in [0.2, 0.25) is 5.02 Å². The third kappa shape index (κ3) is 5.85. The highest BCUT2D eigenvalue weighted by Gasteiger charge is 2.20. The van der Waals surface area contributed by atoms with Gasteiger partial charge in [-0.1, -0.05) is 24.9 Å². The number of anilines is 1. The smallest absolute Gasteiger partial charge is 0.239 e. The van der Waals surface area contributed by atoms with Crippen LogP contribution in [0.1, 0.15) is 19.8 Å². The Morgan fingerprint density at radius 3 is 2.38 bits per heavy atom. The quantitative estimate of drug-likeness (QED) is 0.713. The van der Waals surface area contributed by atoms with Crippen LogP contribution in [-0.4, -0.2) is 52.2 Å². The molecule has 0 spiro atoms. The molecule has 1 amide bonds. The van der Waals surface area contributed by atoms with Crippen molar-refractivity contribution < 1.29 is 22.7 Å². The SMILES string of the molecule is CCCCN(CC(=O)Nc1cc(OC)c(Cl)cc1OC)S(C)(=O)=O. The van der Waals surface area contributed by atoms with Crippen LogP contribution in [0.4, 0.5) is 5.69 Å². The minimum atomic E-state index is -3.46. The summed E-state index contributed by atoms with van der Waals surface area (Å²) in [6, 6.07) is 3.04. The number of ether oxygens (including phenoxy) is 2. The summed E-state index contributed by atoms with van der Waals surface area (Å²) in [6.45, 7) is 1.97. The molecule has 1 rings (SSSR count). The molecule has 1 aromatic rings. The summed E-state index contributed by atoms with van der Waals surface area (Å²) in [5.74, 6) is 0.256. The van der Waals surface area contributed by atoms with E-state index in [4.69, 9.17) is 21.1 Å². The van der Waals surface area contributed by atoms with Gasteiger partial charge in [0, 0.05) is 18.7 Å². The molecule has 1 N–H and O–H groups in total. The Bertz CT molecular complexity index is 679. The number of carbonyl (C=O) groups excluding carboxylic acids is 1. The predicted octanol–water partition coefficient (Wildman–Crippen LogP) is 2.36. The second kappa shape index (κ2) is 9.10. The maximum Gasteiger partial charge on any atom is 0.239 e. The fraction of sp³-hybridized carbons (Fsp3) is 0.533. The molecule has 9 heteroatoms. The molecule has 0 saturated heterocycles. The average Bonchev–Trinajstić information content (AvgIpc) is 2.51. The van der Waals surface area contributed by atoms with Gasteiger partial charge in [-0.25, -0.2) is 8.42 Å². The zero-order valence-corrected chi connectivity index (χ0v) is 15.8. The normalized spacial score (nSPS) is 11.4. The number of nitrogens with zero attached hydrogens (tertiary/aromatic N) is 1. The number of rotatable bonds is 9. The monoisotopic (exact) mass is 378 g/mol. The molecule has 0 unspecified atom stereocenters. The molecule has 0 aliphatic carbocycles. The summed E-state index contributed by atoms with van der Waals surface area (Å²) in [6.07, 6.45) is 2.59. The van der Waals surface area contributed by atoms with E-state index in [2.05, 4.69) is 5.32 Å². The van der Waals surface area contributed by atoms with Crippen molar-refractivity contribution in [3.05, 3.63) is 17.2 Å². The first-order chi connectivity index (χ1) is 11.2. The first-order valence-electron chi connectivity index (χ1n) is 7.39. The van der Waals surface area contributed by atoms with Crippen molar-refractivity contribution in [2.75, 3.05) is 38.9 Å². The molecule has 1 aromatic carbocycles. The molecule has 24 heavy (non-hydrogen) atoms. The van der Waals surface area contributed by atoms with Gasteiger partial charge in [0.05, 0.1) is 37.7 Å². The van der Waals surface area contributed by atoms with Crippen molar-refractivity contribution in [1.29, 1.82) is 0 Å². The van der Waals surface area contributed by atoms with E-state index in [1.54, 1.807) is 0 Å². The van der Waals surface area contributed by atoms with Gasteiger partial charge in [-0.3, -0.25) is 4.79 Å². The molecule has 0 aliphatic rings. The molecule has 0 atom stereocenters. The number of unbranched alkanes of at least 4 members (excludes halogenated alkanes) is 1. The lowest BCUT2D eigenvalue weighted by atomic mass is 10.2. The maximum absolute atomic E-state index is 12.2. The average molecular weight is 379 g/mol. The third-order valence-electron chi connectivity index (χ3n) is 3.30. The van der Waals surface area contributed by atoms with Crippen LogP contribution >= 0.6 is 11.6 Å². The molecule has 0 aromatic heterocycles. The number of methoxy groups -OCH3 is 2. The molecule has 0 saturated carbocycles. The highest BCUT2D eigenvalue weighted by Crippen LogP contribution is 2.35. The summed E-state index contributed by atoms with van der Waals surface area (Å²) in [5.41, 5.74) is 0.354. The van der Waals surface area contributed by atoms with Gasteiger partial charge < -0.3 is 14.8 Å². The van der Waals surface area contributed by atoms with E-state index in [1.807, 2.05) is 6.92 Å². The van der Waals surface area contributed by atoms with Crippen LogP contribution in [-0.2, 0) is 14.8 Å². The summed E-state index contributed by atoms with van der Waals surface area (Å²) in [5, 5.41) is 2.97.